The van der Waals surface area contributed by atoms with Crippen LogP contribution in [0.5, 0.6) is 0 Å². The quantitative estimate of drug-likeness (QED) is 0.465. The lowest BCUT2D eigenvalue weighted by molar-refractivity contribution is -0.147. The average Bonchev–Trinajstić information content (AvgIpc) is 3.46. The fourth-order valence-corrected chi connectivity index (χ4v) is 4.73. The molecule has 0 spiro atoms. The van der Waals surface area contributed by atoms with Crippen LogP contribution in [0.1, 0.15) is 43.4 Å². The molecule has 1 saturated heterocycles. The molecule has 0 bridgehead atoms. The van der Waals surface area contributed by atoms with Crippen LogP contribution in [0.4, 0.5) is 13.2 Å². The zero-order chi connectivity index (χ0) is 22.7. The molecule has 3 heterocycles. The molecule has 166 valence electrons. The Bertz CT molecular complexity index is 1380. The summed E-state index contributed by atoms with van der Waals surface area (Å²) < 4.78 is 50.8. The molecule has 4 aromatic rings. The average molecular weight is 443 g/mol. The van der Waals surface area contributed by atoms with Gasteiger partial charge in [-0.15, -0.1) is 0 Å². The van der Waals surface area contributed by atoms with Crippen LogP contribution < -0.4 is 0 Å². The first-order valence-corrected chi connectivity index (χ1v) is 10.3. The number of aromatic nitrogens is 3. The van der Waals surface area contributed by atoms with Gasteiger partial charge in [-0.2, -0.15) is 5.10 Å². The highest BCUT2D eigenvalue weighted by Crippen LogP contribution is 2.44. The zero-order valence-electron chi connectivity index (χ0n) is 17.3. The molecule has 1 aliphatic rings. The summed E-state index contributed by atoms with van der Waals surface area (Å²) in [4.78, 5) is 11.5. The second-order valence-electron chi connectivity index (χ2n) is 8.40. The van der Waals surface area contributed by atoms with E-state index in [0.717, 1.165) is 12.1 Å². The first-order valence-electron chi connectivity index (χ1n) is 10.3. The van der Waals surface area contributed by atoms with Gasteiger partial charge in [0.15, 0.2) is 23.6 Å². The molecule has 32 heavy (non-hydrogen) atoms. The van der Waals surface area contributed by atoms with Gasteiger partial charge in [-0.1, -0.05) is 13.8 Å². The van der Waals surface area contributed by atoms with Crippen LogP contribution in [0.25, 0.3) is 27.5 Å². The van der Waals surface area contributed by atoms with Crippen LogP contribution in [-0.4, -0.2) is 38.6 Å². The smallest absolute Gasteiger partial charge is 0.332 e. The Labute approximate surface area is 180 Å². The highest BCUT2D eigenvalue weighted by Gasteiger charge is 2.37. The van der Waals surface area contributed by atoms with Crippen molar-refractivity contribution >= 4 is 27.8 Å². The van der Waals surface area contributed by atoms with Gasteiger partial charge in [0.2, 0.25) is 0 Å². The van der Waals surface area contributed by atoms with Crippen molar-refractivity contribution in [2.45, 2.75) is 38.2 Å². The second kappa shape index (κ2) is 7.37. The fourth-order valence-electron chi connectivity index (χ4n) is 4.73. The SMILES string of the molecule is CC(C)c1c([C@@H]2CO[C@@H](C(=O)O)C2)c2c(F)c3[nH]ncc3cc2n1-c1ccc(F)c(F)c1. The Morgan fingerprint density at radius 1 is 1.25 bits per heavy atom. The Morgan fingerprint density at radius 3 is 2.69 bits per heavy atom. The lowest BCUT2D eigenvalue weighted by Gasteiger charge is -2.18. The summed E-state index contributed by atoms with van der Waals surface area (Å²) in [7, 11) is 0. The molecule has 2 N–H and O–H groups in total. The summed E-state index contributed by atoms with van der Waals surface area (Å²) >= 11 is 0. The van der Waals surface area contributed by atoms with Gasteiger partial charge in [0, 0.05) is 34.1 Å². The van der Waals surface area contributed by atoms with E-state index in [9.17, 15) is 18.7 Å². The Kier molecular flexibility index (Phi) is 4.74. The molecule has 0 aliphatic carbocycles. The highest BCUT2D eigenvalue weighted by molar-refractivity contribution is 6.00. The summed E-state index contributed by atoms with van der Waals surface area (Å²) in [5.74, 6) is -4.09. The molecular formula is C23H20F3N3O3. The lowest BCUT2D eigenvalue weighted by atomic mass is 9.89. The number of halogens is 3. The number of ether oxygens (including phenoxy) is 1. The first kappa shape index (κ1) is 20.6. The number of carbonyl (C=O) groups is 1. The van der Waals surface area contributed by atoms with E-state index in [0.29, 0.717) is 33.2 Å². The van der Waals surface area contributed by atoms with Crippen LogP contribution in [-0.2, 0) is 9.53 Å². The number of fused-ring (bicyclic) bond motifs is 2. The maximum Gasteiger partial charge on any atom is 0.332 e. The van der Waals surface area contributed by atoms with Crippen LogP contribution in [0.15, 0.2) is 30.5 Å². The molecule has 0 amide bonds. The van der Waals surface area contributed by atoms with Crippen molar-refractivity contribution in [2.24, 2.45) is 0 Å². The normalized spacial score (nSPS) is 18.9. The number of rotatable bonds is 4. The van der Waals surface area contributed by atoms with Crippen molar-refractivity contribution in [1.29, 1.82) is 0 Å². The van der Waals surface area contributed by atoms with Gasteiger partial charge in [0.1, 0.15) is 5.52 Å². The highest BCUT2D eigenvalue weighted by atomic mass is 19.2. The Morgan fingerprint density at radius 2 is 2.03 bits per heavy atom. The number of aromatic amines is 1. The number of benzene rings is 2. The van der Waals surface area contributed by atoms with E-state index >= 15 is 4.39 Å². The number of nitrogens with zero attached hydrogens (tertiary/aromatic N) is 2. The number of H-pyrrole nitrogens is 1. The molecule has 6 nitrogen and oxygen atoms in total. The van der Waals surface area contributed by atoms with E-state index in [1.54, 1.807) is 10.6 Å². The first-order chi connectivity index (χ1) is 15.3. The minimum absolute atomic E-state index is 0.119. The maximum absolute atomic E-state index is 15.8. The van der Waals surface area contributed by atoms with Crippen molar-refractivity contribution < 1.29 is 27.8 Å². The third kappa shape index (κ3) is 2.99. The predicted molar refractivity (Wildman–Crippen MR) is 112 cm³/mol. The van der Waals surface area contributed by atoms with Crippen molar-refractivity contribution in [3.63, 3.8) is 0 Å². The van der Waals surface area contributed by atoms with E-state index in [2.05, 4.69) is 10.2 Å². The summed E-state index contributed by atoms with van der Waals surface area (Å²) in [6.07, 6.45) is 0.696. The molecule has 2 aromatic carbocycles. The van der Waals surface area contributed by atoms with E-state index in [-0.39, 0.29) is 30.4 Å². The van der Waals surface area contributed by atoms with Crippen molar-refractivity contribution in [2.75, 3.05) is 6.61 Å². The third-order valence-electron chi connectivity index (χ3n) is 6.07. The maximum atomic E-state index is 15.8. The molecule has 9 heteroatoms. The van der Waals surface area contributed by atoms with Gasteiger partial charge in [-0.3, -0.25) is 5.10 Å². The molecule has 0 saturated carbocycles. The standard InChI is InChI=1S/C23H20F3N3O3/c1-10(2)22-18(12-6-17(23(30)31)32-9-12)19-16(5-11-8-27-28-21(11)20(19)26)29(22)13-3-4-14(24)15(25)7-13/h3-5,7-8,10,12,17H,6,9H2,1-2H3,(H,27,28)(H,30,31)/t12-,17+/m0/s1. The number of nitrogens with one attached hydrogen (secondary N) is 1. The van der Waals surface area contributed by atoms with Crippen LogP contribution in [0.2, 0.25) is 0 Å². The second-order valence-corrected chi connectivity index (χ2v) is 8.40. The van der Waals surface area contributed by atoms with Crippen LogP contribution in [0, 0.1) is 17.5 Å². The minimum atomic E-state index is -1.07. The lowest BCUT2D eigenvalue weighted by Crippen LogP contribution is -2.18. The largest absolute Gasteiger partial charge is 0.479 e. The monoisotopic (exact) mass is 443 g/mol. The van der Waals surface area contributed by atoms with Gasteiger partial charge < -0.3 is 14.4 Å². The van der Waals surface area contributed by atoms with Crippen LogP contribution in [0.3, 0.4) is 0 Å². The summed E-state index contributed by atoms with van der Waals surface area (Å²) in [6.45, 7) is 3.96. The molecule has 1 fully saturated rings. The van der Waals surface area contributed by atoms with Crippen molar-refractivity contribution in [3.05, 3.63) is 59.2 Å². The van der Waals surface area contributed by atoms with E-state index in [1.165, 1.54) is 12.3 Å². The van der Waals surface area contributed by atoms with Crippen molar-refractivity contribution in [3.8, 4) is 5.69 Å². The number of hydrogen-bond donors (Lipinski definition) is 2. The number of hydrogen-bond acceptors (Lipinski definition) is 3. The van der Waals surface area contributed by atoms with Crippen LogP contribution >= 0.6 is 0 Å². The van der Waals surface area contributed by atoms with E-state index in [1.807, 2.05) is 13.8 Å². The Hall–Kier alpha value is -3.33. The molecule has 1 aliphatic heterocycles. The predicted octanol–water partition coefficient (Wildman–Crippen LogP) is 5.00. The summed E-state index contributed by atoms with van der Waals surface area (Å²) in [5.41, 5.74) is 2.37. The van der Waals surface area contributed by atoms with Gasteiger partial charge in [0.25, 0.3) is 0 Å². The topological polar surface area (TPSA) is 80.1 Å². The third-order valence-corrected chi connectivity index (χ3v) is 6.07. The van der Waals surface area contributed by atoms with Gasteiger partial charge >= 0.3 is 5.97 Å². The fraction of sp³-hybridized carbons (Fsp3) is 0.304. The zero-order valence-corrected chi connectivity index (χ0v) is 17.3. The molecule has 0 unspecified atom stereocenters. The number of aliphatic carboxylic acids is 1. The van der Waals surface area contributed by atoms with Gasteiger partial charge in [-0.05, 0) is 36.1 Å². The minimum Gasteiger partial charge on any atom is -0.479 e. The van der Waals surface area contributed by atoms with E-state index in [4.69, 9.17) is 4.74 Å². The molecule has 2 aromatic heterocycles. The molecular weight excluding hydrogens is 423 g/mol. The molecule has 0 radical (unpaired) electrons. The van der Waals surface area contributed by atoms with Crippen molar-refractivity contribution in [1.82, 2.24) is 14.8 Å². The Balaban J connectivity index is 1.88. The summed E-state index contributed by atoms with van der Waals surface area (Å²) in [5, 5.41) is 16.8. The summed E-state index contributed by atoms with van der Waals surface area (Å²) in [6, 6.07) is 5.30. The van der Waals surface area contributed by atoms with E-state index < -0.39 is 29.5 Å². The van der Waals surface area contributed by atoms with Gasteiger partial charge in [0.05, 0.1) is 18.3 Å². The number of carboxylic acid groups (broad SMARTS) is 1. The number of carboxylic acids is 1. The molecule has 5 rings (SSSR count). The molecule has 2 atom stereocenters. The van der Waals surface area contributed by atoms with Gasteiger partial charge in [-0.25, -0.2) is 18.0 Å².